The van der Waals surface area contributed by atoms with Crippen LogP contribution >= 0.6 is 0 Å². The maximum atomic E-state index is 5.39. The Hall–Kier alpha value is -0.960. The monoisotopic (exact) mass is 153 g/mol. The molecule has 1 aliphatic heterocycles. The average Bonchev–Trinajstić information content (AvgIpc) is 2.04. The van der Waals surface area contributed by atoms with Crippen LogP contribution < -0.4 is 5.73 Å². The second-order valence-corrected chi connectivity index (χ2v) is 2.64. The van der Waals surface area contributed by atoms with Crippen molar-refractivity contribution in [3.8, 4) is 0 Å². The van der Waals surface area contributed by atoms with E-state index in [1.807, 2.05) is 24.3 Å². The van der Waals surface area contributed by atoms with Gasteiger partial charge >= 0.3 is 0 Å². The van der Waals surface area contributed by atoms with Gasteiger partial charge in [0, 0.05) is 38.4 Å². The van der Waals surface area contributed by atoms with E-state index in [4.69, 9.17) is 5.73 Å². The van der Waals surface area contributed by atoms with E-state index in [9.17, 15) is 0 Å². The minimum Gasteiger partial charge on any atom is -0.354 e. The van der Waals surface area contributed by atoms with Crippen molar-refractivity contribution in [1.82, 2.24) is 9.80 Å². The lowest BCUT2D eigenvalue weighted by Crippen LogP contribution is -2.20. The van der Waals surface area contributed by atoms with Crippen LogP contribution in [0.25, 0.3) is 0 Å². The van der Waals surface area contributed by atoms with Crippen molar-refractivity contribution < 1.29 is 0 Å². The summed E-state index contributed by atoms with van der Waals surface area (Å²) in [5, 5.41) is 0. The number of rotatable bonds is 3. The van der Waals surface area contributed by atoms with Crippen molar-refractivity contribution in [3.63, 3.8) is 0 Å². The fourth-order valence-electron chi connectivity index (χ4n) is 0.904. The fourth-order valence-corrected chi connectivity index (χ4v) is 0.904. The van der Waals surface area contributed by atoms with Gasteiger partial charge in [-0.05, 0) is 13.0 Å². The molecular weight excluding hydrogens is 138 g/mol. The minimum absolute atomic E-state index is 0.758. The molecule has 0 aliphatic carbocycles. The van der Waals surface area contributed by atoms with Gasteiger partial charge in [0.2, 0.25) is 0 Å². The molecule has 0 amide bonds. The predicted molar refractivity (Wildman–Crippen MR) is 46.4 cm³/mol. The van der Waals surface area contributed by atoms with E-state index in [2.05, 4.69) is 17.3 Å². The van der Waals surface area contributed by atoms with Crippen LogP contribution in [0.5, 0.6) is 0 Å². The van der Waals surface area contributed by atoms with Gasteiger partial charge in [-0.15, -0.1) is 0 Å². The average molecular weight is 153 g/mol. The van der Waals surface area contributed by atoms with E-state index >= 15 is 0 Å². The van der Waals surface area contributed by atoms with Gasteiger partial charge in [0.05, 0.1) is 0 Å². The van der Waals surface area contributed by atoms with Crippen LogP contribution in [0.1, 0.15) is 6.42 Å². The van der Waals surface area contributed by atoms with Gasteiger partial charge in [0.1, 0.15) is 0 Å². The van der Waals surface area contributed by atoms with Crippen molar-refractivity contribution in [1.29, 1.82) is 0 Å². The van der Waals surface area contributed by atoms with Gasteiger partial charge in [-0.2, -0.15) is 0 Å². The SMILES string of the molecule is CN1C=CN(CCCN)C=C1. The molecule has 1 rings (SSSR count). The number of nitrogens with two attached hydrogens (primary N) is 1. The molecule has 62 valence electrons. The highest BCUT2D eigenvalue weighted by molar-refractivity contribution is 4.99. The van der Waals surface area contributed by atoms with Crippen molar-refractivity contribution in [2.75, 3.05) is 20.1 Å². The lowest BCUT2D eigenvalue weighted by molar-refractivity contribution is 0.447. The molecule has 1 aliphatic rings. The molecule has 0 radical (unpaired) electrons. The Morgan fingerprint density at radius 1 is 1.18 bits per heavy atom. The zero-order valence-corrected chi connectivity index (χ0v) is 6.90. The summed E-state index contributed by atoms with van der Waals surface area (Å²) < 4.78 is 0. The maximum Gasteiger partial charge on any atom is 0.0232 e. The number of nitrogens with zero attached hydrogens (tertiary/aromatic N) is 2. The van der Waals surface area contributed by atoms with E-state index in [-0.39, 0.29) is 0 Å². The molecule has 0 aromatic carbocycles. The van der Waals surface area contributed by atoms with Crippen LogP contribution in [0.3, 0.4) is 0 Å². The van der Waals surface area contributed by atoms with Crippen molar-refractivity contribution in [3.05, 3.63) is 24.8 Å². The smallest absolute Gasteiger partial charge is 0.0232 e. The summed E-state index contributed by atoms with van der Waals surface area (Å²) in [5.74, 6) is 0. The molecule has 3 nitrogen and oxygen atoms in total. The van der Waals surface area contributed by atoms with Gasteiger partial charge in [0.15, 0.2) is 0 Å². The van der Waals surface area contributed by atoms with Crippen LogP contribution in [0.2, 0.25) is 0 Å². The Kier molecular flexibility index (Phi) is 2.98. The maximum absolute atomic E-state index is 5.39. The Balaban J connectivity index is 2.27. The summed E-state index contributed by atoms with van der Waals surface area (Å²) in [5.41, 5.74) is 5.39. The standard InChI is InChI=1S/C8H15N3/c1-10-5-7-11(8-6-10)4-2-3-9/h5-8H,2-4,9H2,1H3. The van der Waals surface area contributed by atoms with Gasteiger partial charge in [-0.3, -0.25) is 0 Å². The van der Waals surface area contributed by atoms with Crippen LogP contribution in [-0.4, -0.2) is 29.9 Å². The first kappa shape index (κ1) is 8.14. The van der Waals surface area contributed by atoms with E-state index in [0.717, 1.165) is 19.5 Å². The largest absolute Gasteiger partial charge is 0.354 e. The quantitative estimate of drug-likeness (QED) is 0.641. The summed E-state index contributed by atoms with van der Waals surface area (Å²) in [4.78, 5) is 4.14. The molecule has 0 atom stereocenters. The predicted octanol–water partition coefficient (Wildman–Crippen LogP) is 0.525. The summed E-state index contributed by atoms with van der Waals surface area (Å²) in [6, 6.07) is 0. The van der Waals surface area contributed by atoms with Gasteiger partial charge in [-0.1, -0.05) is 0 Å². The second kappa shape index (κ2) is 4.03. The van der Waals surface area contributed by atoms with E-state index in [1.165, 1.54) is 0 Å². The van der Waals surface area contributed by atoms with Crippen LogP contribution in [-0.2, 0) is 0 Å². The Morgan fingerprint density at radius 3 is 2.36 bits per heavy atom. The molecule has 2 N–H and O–H groups in total. The van der Waals surface area contributed by atoms with Crippen molar-refractivity contribution in [2.45, 2.75) is 6.42 Å². The lowest BCUT2D eigenvalue weighted by Gasteiger charge is -2.21. The first-order valence-electron chi connectivity index (χ1n) is 3.87. The lowest BCUT2D eigenvalue weighted by atomic mass is 10.4. The highest BCUT2D eigenvalue weighted by Crippen LogP contribution is 2.01. The van der Waals surface area contributed by atoms with Gasteiger partial charge in [0.25, 0.3) is 0 Å². The molecule has 3 heteroatoms. The first-order chi connectivity index (χ1) is 5.33. The number of hydrogen-bond acceptors (Lipinski definition) is 3. The van der Waals surface area contributed by atoms with E-state index in [0.29, 0.717) is 0 Å². The first-order valence-corrected chi connectivity index (χ1v) is 3.87. The molecular formula is C8H15N3. The molecule has 0 spiro atoms. The summed E-state index contributed by atoms with van der Waals surface area (Å²) >= 11 is 0. The van der Waals surface area contributed by atoms with Gasteiger partial charge < -0.3 is 15.5 Å². The second-order valence-electron chi connectivity index (χ2n) is 2.64. The molecule has 0 bridgehead atoms. The molecule has 0 saturated carbocycles. The molecule has 0 fully saturated rings. The van der Waals surface area contributed by atoms with E-state index < -0.39 is 0 Å². The Bertz CT molecular complexity index is 149. The minimum atomic E-state index is 0.758. The van der Waals surface area contributed by atoms with Crippen molar-refractivity contribution >= 4 is 0 Å². The zero-order chi connectivity index (χ0) is 8.10. The number of hydrogen-bond donors (Lipinski definition) is 1. The van der Waals surface area contributed by atoms with Gasteiger partial charge in [-0.25, -0.2) is 0 Å². The zero-order valence-electron chi connectivity index (χ0n) is 6.90. The van der Waals surface area contributed by atoms with Crippen LogP contribution in [0, 0.1) is 0 Å². The van der Waals surface area contributed by atoms with Crippen LogP contribution in [0.4, 0.5) is 0 Å². The van der Waals surface area contributed by atoms with Crippen LogP contribution in [0.15, 0.2) is 24.8 Å². The topological polar surface area (TPSA) is 32.5 Å². The third-order valence-corrected chi connectivity index (χ3v) is 1.61. The molecule has 0 saturated heterocycles. The Morgan fingerprint density at radius 2 is 1.82 bits per heavy atom. The highest BCUT2D eigenvalue weighted by Gasteiger charge is 1.97. The van der Waals surface area contributed by atoms with E-state index in [1.54, 1.807) is 0 Å². The molecule has 0 aromatic heterocycles. The normalized spacial score (nSPS) is 16.2. The molecule has 11 heavy (non-hydrogen) atoms. The molecule has 0 unspecified atom stereocenters. The summed E-state index contributed by atoms with van der Waals surface area (Å²) in [6.07, 6.45) is 9.19. The third kappa shape index (κ3) is 2.63. The third-order valence-electron chi connectivity index (χ3n) is 1.61. The summed E-state index contributed by atoms with van der Waals surface area (Å²) in [7, 11) is 2.01. The molecule has 0 aromatic rings. The Labute approximate surface area is 67.8 Å². The fraction of sp³-hybridized carbons (Fsp3) is 0.500. The highest BCUT2D eigenvalue weighted by atomic mass is 15.2. The summed E-state index contributed by atoms with van der Waals surface area (Å²) in [6.45, 7) is 1.77. The molecule has 1 heterocycles. The van der Waals surface area contributed by atoms with Crippen molar-refractivity contribution in [2.24, 2.45) is 5.73 Å².